The van der Waals surface area contributed by atoms with Crippen molar-refractivity contribution in [2.75, 3.05) is 0 Å². The molecule has 0 fully saturated rings. The van der Waals surface area contributed by atoms with Crippen molar-refractivity contribution in [3.63, 3.8) is 0 Å². The molecular formula is C16H18Sn. The summed E-state index contributed by atoms with van der Waals surface area (Å²) in [5.74, 6) is 0. The molecule has 0 amide bonds. The van der Waals surface area contributed by atoms with Gasteiger partial charge in [0, 0.05) is 0 Å². The van der Waals surface area contributed by atoms with Crippen LogP contribution in [0.5, 0.6) is 0 Å². The van der Waals surface area contributed by atoms with Crippen molar-refractivity contribution in [3.8, 4) is 0 Å². The Balaban J connectivity index is 2.37. The van der Waals surface area contributed by atoms with E-state index in [1.807, 2.05) is 0 Å². The summed E-state index contributed by atoms with van der Waals surface area (Å²) in [6.45, 7) is 8.85. The molecule has 0 unspecified atom stereocenters. The summed E-state index contributed by atoms with van der Waals surface area (Å²) in [6.07, 6.45) is 0. The van der Waals surface area contributed by atoms with Gasteiger partial charge in [-0.05, 0) is 0 Å². The Kier molecular flexibility index (Phi) is 3.93. The Bertz CT molecular complexity index is 492. The van der Waals surface area contributed by atoms with Gasteiger partial charge in [-0.1, -0.05) is 0 Å². The van der Waals surface area contributed by atoms with Crippen molar-refractivity contribution in [2.24, 2.45) is 0 Å². The molecule has 2 aromatic carbocycles. The van der Waals surface area contributed by atoms with Crippen LogP contribution in [0.2, 0.25) is 0 Å². The summed E-state index contributed by atoms with van der Waals surface area (Å²) in [5, 5.41) is 0. The molecule has 0 bridgehead atoms. The number of aryl methyl sites for hydroxylation is 4. The van der Waals surface area contributed by atoms with E-state index in [0.29, 0.717) is 0 Å². The molecule has 0 aliphatic heterocycles. The molecule has 0 N–H and O–H groups in total. The van der Waals surface area contributed by atoms with Crippen molar-refractivity contribution in [2.45, 2.75) is 27.7 Å². The first-order valence-electron chi connectivity index (χ1n) is 5.98. The van der Waals surface area contributed by atoms with Crippen LogP contribution in [0.3, 0.4) is 0 Å². The van der Waals surface area contributed by atoms with Crippen molar-refractivity contribution in [3.05, 3.63) is 58.7 Å². The Labute approximate surface area is 114 Å². The summed E-state index contributed by atoms with van der Waals surface area (Å²) in [5.41, 5.74) is 5.69. The third-order valence-electron chi connectivity index (χ3n) is 3.06. The van der Waals surface area contributed by atoms with E-state index in [9.17, 15) is 0 Å². The molecule has 2 radical (unpaired) electrons. The molecule has 0 aliphatic carbocycles. The molecule has 0 heterocycles. The first kappa shape index (κ1) is 12.7. The van der Waals surface area contributed by atoms with Gasteiger partial charge in [-0.25, -0.2) is 0 Å². The van der Waals surface area contributed by atoms with Crippen molar-refractivity contribution in [1.29, 1.82) is 0 Å². The average molecular weight is 329 g/mol. The molecule has 17 heavy (non-hydrogen) atoms. The standard InChI is InChI=1S/2C8H9.Sn/c2*1-7-3-5-8(2)6-4-7;/h2*3-5H,1-2H3;. The molecule has 1 heteroatoms. The first-order chi connectivity index (χ1) is 8.06. The van der Waals surface area contributed by atoms with E-state index < -0.39 is 21.1 Å². The summed E-state index contributed by atoms with van der Waals surface area (Å²) >= 11 is -0.643. The van der Waals surface area contributed by atoms with Gasteiger partial charge in [0.05, 0.1) is 0 Å². The van der Waals surface area contributed by atoms with E-state index in [0.717, 1.165) is 0 Å². The van der Waals surface area contributed by atoms with Crippen LogP contribution in [-0.4, -0.2) is 21.1 Å². The fourth-order valence-electron chi connectivity index (χ4n) is 1.89. The molecule has 86 valence electrons. The van der Waals surface area contributed by atoms with Crippen molar-refractivity contribution >= 4 is 28.3 Å². The fourth-order valence-corrected chi connectivity index (χ4v) is 6.03. The van der Waals surface area contributed by atoms with E-state index in [1.54, 1.807) is 7.16 Å². The second kappa shape index (κ2) is 5.26. The van der Waals surface area contributed by atoms with Gasteiger partial charge in [0.1, 0.15) is 0 Å². The zero-order valence-electron chi connectivity index (χ0n) is 11.0. The molecular weight excluding hydrogens is 311 g/mol. The summed E-state index contributed by atoms with van der Waals surface area (Å²) in [4.78, 5) is 0. The molecule has 2 aromatic rings. The summed E-state index contributed by atoms with van der Waals surface area (Å²) in [7, 11) is 0. The predicted octanol–water partition coefficient (Wildman–Crippen LogP) is 2.58. The minimum atomic E-state index is -0.643. The Morgan fingerprint density at radius 2 is 1.06 bits per heavy atom. The Morgan fingerprint density at radius 1 is 0.647 bits per heavy atom. The maximum atomic E-state index is 2.38. The molecule has 0 saturated heterocycles. The molecule has 0 atom stereocenters. The molecule has 0 nitrogen and oxygen atoms in total. The molecule has 2 rings (SSSR count). The second-order valence-corrected chi connectivity index (χ2v) is 8.55. The van der Waals surface area contributed by atoms with Crippen LogP contribution in [0.25, 0.3) is 0 Å². The molecule has 0 aromatic heterocycles. The number of hydrogen-bond acceptors (Lipinski definition) is 0. The van der Waals surface area contributed by atoms with Crippen LogP contribution in [0.4, 0.5) is 0 Å². The molecule has 0 saturated carbocycles. The van der Waals surface area contributed by atoms with Crippen molar-refractivity contribution in [1.82, 2.24) is 0 Å². The number of hydrogen-bond donors (Lipinski definition) is 0. The topological polar surface area (TPSA) is 0 Å². The third kappa shape index (κ3) is 3.12. The monoisotopic (exact) mass is 330 g/mol. The van der Waals surface area contributed by atoms with Crippen LogP contribution in [0.15, 0.2) is 36.4 Å². The summed E-state index contributed by atoms with van der Waals surface area (Å²) in [6, 6.07) is 13.7. The van der Waals surface area contributed by atoms with Gasteiger partial charge in [0.25, 0.3) is 0 Å². The number of rotatable bonds is 2. The molecule has 0 aliphatic rings. The van der Waals surface area contributed by atoms with Gasteiger partial charge in [0.15, 0.2) is 0 Å². The van der Waals surface area contributed by atoms with Crippen LogP contribution >= 0.6 is 0 Å². The molecule has 0 spiro atoms. The van der Waals surface area contributed by atoms with Gasteiger partial charge in [-0.2, -0.15) is 0 Å². The zero-order chi connectivity index (χ0) is 12.4. The average Bonchev–Trinajstić information content (AvgIpc) is 2.28. The zero-order valence-corrected chi connectivity index (χ0v) is 13.8. The Hall–Kier alpha value is -0.761. The normalized spacial score (nSPS) is 10.6. The second-order valence-electron chi connectivity index (χ2n) is 4.76. The van der Waals surface area contributed by atoms with E-state index in [1.165, 1.54) is 22.3 Å². The minimum absolute atomic E-state index is 0.643. The van der Waals surface area contributed by atoms with Gasteiger partial charge in [0.2, 0.25) is 0 Å². The Morgan fingerprint density at radius 3 is 1.47 bits per heavy atom. The van der Waals surface area contributed by atoms with Crippen LogP contribution < -0.4 is 7.16 Å². The number of benzene rings is 2. The third-order valence-corrected chi connectivity index (χ3v) is 7.67. The SMILES string of the molecule is Cc1ccc(C)[c]([Sn][c]2cc(C)ccc2C)c1. The van der Waals surface area contributed by atoms with Crippen LogP contribution in [0, 0.1) is 27.7 Å². The predicted molar refractivity (Wildman–Crippen MR) is 76.9 cm³/mol. The van der Waals surface area contributed by atoms with E-state index in [2.05, 4.69) is 64.1 Å². The fraction of sp³-hybridized carbons (Fsp3) is 0.250. The first-order valence-corrected chi connectivity index (χ1v) is 8.83. The quantitative estimate of drug-likeness (QED) is 0.743. The van der Waals surface area contributed by atoms with E-state index in [-0.39, 0.29) is 0 Å². The maximum absolute atomic E-state index is 2.38. The van der Waals surface area contributed by atoms with E-state index >= 15 is 0 Å². The van der Waals surface area contributed by atoms with Gasteiger partial charge >= 0.3 is 115 Å². The van der Waals surface area contributed by atoms with E-state index in [4.69, 9.17) is 0 Å². The van der Waals surface area contributed by atoms with Gasteiger partial charge in [-0.15, -0.1) is 0 Å². The van der Waals surface area contributed by atoms with Gasteiger partial charge < -0.3 is 0 Å². The van der Waals surface area contributed by atoms with Gasteiger partial charge in [-0.3, -0.25) is 0 Å². The van der Waals surface area contributed by atoms with Crippen LogP contribution in [0.1, 0.15) is 22.3 Å². The van der Waals surface area contributed by atoms with Crippen molar-refractivity contribution < 1.29 is 0 Å². The van der Waals surface area contributed by atoms with Crippen LogP contribution in [-0.2, 0) is 0 Å². The summed E-state index contributed by atoms with van der Waals surface area (Å²) < 4.78 is 3.23.